The summed E-state index contributed by atoms with van der Waals surface area (Å²) in [6.45, 7) is 1.81. The van der Waals surface area contributed by atoms with E-state index >= 15 is 0 Å². The number of hydrogen-bond acceptors (Lipinski definition) is 3. The maximum atomic E-state index is 14.1. The molecule has 2 aliphatic rings. The molecule has 0 aliphatic carbocycles. The molecule has 152 valence electrons. The Morgan fingerprint density at radius 3 is 2.59 bits per heavy atom. The SMILES string of the molecule is O=C1NCCN(C(=O)C2CCCN2Cc2ccccc2F)C1c1ccc(F)cc1. The normalized spacial score (nSPS) is 22.6. The predicted molar refractivity (Wildman–Crippen MR) is 104 cm³/mol. The molecule has 29 heavy (non-hydrogen) atoms. The quantitative estimate of drug-likeness (QED) is 0.860. The molecular weight excluding hydrogens is 376 g/mol. The van der Waals surface area contributed by atoms with Crippen molar-refractivity contribution in [2.45, 2.75) is 31.5 Å². The van der Waals surface area contributed by atoms with E-state index in [4.69, 9.17) is 0 Å². The van der Waals surface area contributed by atoms with Crippen LogP contribution in [0.25, 0.3) is 0 Å². The molecule has 4 rings (SSSR count). The highest BCUT2D eigenvalue weighted by molar-refractivity contribution is 5.91. The van der Waals surface area contributed by atoms with Gasteiger partial charge in [0.15, 0.2) is 0 Å². The van der Waals surface area contributed by atoms with Crippen molar-refractivity contribution < 1.29 is 18.4 Å². The average Bonchev–Trinajstić information content (AvgIpc) is 3.18. The van der Waals surface area contributed by atoms with Crippen LogP contribution in [0.15, 0.2) is 48.5 Å². The molecule has 2 aliphatic heterocycles. The molecule has 0 spiro atoms. The second kappa shape index (κ2) is 8.29. The van der Waals surface area contributed by atoms with E-state index in [1.165, 1.54) is 30.3 Å². The van der Waals surface area contributed by atoms with Crippen molar-refractivity contribution in [1.82, 2.24) is 15.1 Å². The van der Waals surface area contributed by atoms with Crippen molar-refractivity contribution in [3.05, 3.63) is 71.3 Å². The molecule has 7 heteroatoms. The highest BCUT2D eigenvalue weighted by Gasteiger charge is 2.40. The zero-order valence-corrected chi connectivity index (χ0v) is 16.0. The van der Waals surface area contributed by atoms with E-state index < -0.39 is 17.9 Å². The summed E-state index contributed by atoms with van der Waals surface area (Å²) in [5.41, 5.74) is 1.13. The van der Waals surface area contributed by atoms with Gasteiger partial charge in [0.2, 0.25) is 11.8 Å². The Morgan fingerprint density at radius 2 is 1.83 bits per heavy atom. The Labute approximate surface area is 168 Å². The second-order valence-electron chi connectivity index (χ2n) is 7.50. The Kier molecular flexibility index (Phi) is 5.58. The lowest BCUT2D eigenvalue weighted by Crippen LogP contribution is -2.56. The zero-order chi connectivity index (χ0) is 20.4. The third kappa shape index (κ3) is 4.00. The summed E-state index contributed by atoms with van der Waals surface area (Å²) in [6.07, 6.45) is 1.51. The minimum absolute atomic E-state index is 0.136. The first kappa shape index (κ1) is 19.5. The summed E-state index contributed by atoms with van der Waals surface area (Å²) in [6, 6.07) is 11.0. The highest BCUT2D eigenvalue weighted by atomic mass is 19.1. The van der Waals surface area contributed by atoms with Gasteiger partial charge in [-0.25, -0.2) is 8.78 Å². The number of carbonyl (C=O) groups excluding carboxylic acids is 2. The molecule has 1 N–H and O–H groups in total. The van der Waals surface area contributed by atoms with Gasteiger partial charge in [-0.2, -0.15) is 0 Å². The number of nitrogens with zero attached hydrogens (tertiary/aromatic N) is 2. The molecule has 2 atom stereocenters. The van der Waals surface area contributed by atoms with E-state index in [9.17, 15) is 18.4 Å². The number of rotatable bonds is 4. The van der Waals surface area contributed by atoms with Crippen molar-refractivity contribution >= 4 is 11.8 Å². The topological polar surface area (TPSA) is 52.7 Å². The number of piperazine rings is 1. The fraction of sp³-hybridized carbons (Fsp3) is 0.364. The zero-order valence-electron chi connectivity index (χ0n) is 16.0. The van der Waals surface area contributed by atoms with Crippen LogP contribution in [0.5, 0.6) is 0 Å². The smallest absolute Gasteiger partial charge is 0.247 e. The van der Waals surface area contributed by atoms with Gasteiger partial charge in [-0.05, 0) is 43.1 Å². The first-order valence-electron chi connectivity index (χ1n) is 9.85. The van der Waals surface area contributed by atoms with E-state index in [2.05, 4.69) is 5.32 Å². The van der Waals surface area contributed by atoms with Crippen LogP contribution in [0, 0.1) is 11.6 Å². The van der Waals surface area contributed by atoms with Gasteiger partial charge >= 0.3 is 0 Å². The first-order valence-corrected chi connectivity index (χ1v) is 9.85. The Morgan fingerprint density at radius 1 is 1.07 bits per heavy atom. The number of benzene rings is 2. The number of nitrogens with one attached hydrogen (secondary N) is 1. The molecule has 2 aromatic carbocycles. The lowest BCUT2D eigenvalue weighted by molar-refractivity contribution is -0.147. The minimum Gasteiger partial charge on any atom is -0.352 e. The standard InChI is InChI=1S/C22H23F2N3O2/c23-17-9-7-15(8-10-17)20-21(28)25-11-13-27(20)22(29)19-6-3-12-26(19)14-16-4-1-2-5-18(16)24/h1-2,4-5,7-10,19-20H,3,6,11-14H2,(H,25,28). The summed E-state index contributed by atoms with van der Waals surface area (Å²) in [7, 11) is 0. The number of halogens is 2. The van der Waals surface area contributed by atoms with Crippen LogP contribution < -0.4 is 5.32 Å². The van der Waals surface area contributed by atoms with Gasteiger partial charge in [-0.15, -0.1) is 0 Å². The Balaban J connectivity index is 1.56. The number of carbonyl (C=O) groups is 2. The molecule has 0 saturated carbocycles. The van der Waals surface area contributed by atoms with Gasteiger partial charge in [0, 0.05) is 25.2 Å². The van der Waals surface area contributed by atoms with Crippen LogP contribution in [0.2, 0.25) is 0 Å². The van der Waals surface area contributed by atoms with E-state index in [1.54, 1.807) is 23.1 Å². The van der Waals surface area contributed by atoms with Crippen LogP contribution in [0.4, 0.5) is 8.78 Å². The van der Waals surface area contributed by atoms with E-state index in [0.29, 0.717) is 43.7 Å². The van der Waals surface area contributed by atoms with Gasteiger partial charge in [-0.3, -0.25) is 14.5 Å². The van der Waals surface area contributed by atoms with E-state index in [1.807, 2.05) is 4.90 Å². The molecule has 2 fully saturated rings. The summed E-state index contributed by atoms with van der Waals surface area (Å²) < 4.78 is 27.4. The van der Waals surface area contributed by atoms with Gasteiger partial charge in [0.05, 0.1) is 6.04 Å². The monoisotopic (exact) mass is 399 g/mol. The lowest BCUT2D eigenvalue weighted by Gasteiger charge is -2.38. The molecule has 2 heterocycles. The van der Waals surface area contributed by atoms with Crippen molar-refractivity contribution in [2.75, 3.05) is 19.6 Å². The molecule has 2 saturated heterocycles. The molecule has 0 aromatic heterocycles. The van der Waals surface area contributed by atoms with Crippen molar-refractivity contribution in [1.29, 1.82) is 0 Å². The Bertz CT molecular complexity index is 903. The third-order valence-corrected chi connectivity index (χ3v) is 5.66. The largest absolute Gasteiger partial charge is 0.352 e. The highest BCUT2D eigenvalue weighted by Crippen LogP contribution is 2.29. The first-order chi connectivity index (χ1) is 14.0. The summed E-state index contributed by atoms with van der Waals surface area (Å²) in [5.74, 6) is -1.08. The maximum Gasteiger partial charge on any atom is 0.247 e. The van der Waals surface area contributed by atoms with Crippen molar-refractivity contribution in [2.24, 2.45) is 0 Å². The second-order valence-corrected chi connectivity index (χ2v) is 7.50. The van der Waals surface area contributed by atoms with Crippen molar-refractivity contribution in [3.8, 4) is 0 Å². The predicted octanol–water partition coefficient (Wildman–Crippen LogP) is 2.63. The molecule has 2 aromatic rings. The van der Waals surface area contributed by atoms with Gasteiger partial charge in [-0.1, -0.05) is 30.3 Å². The number of amides is 2. The van der Waals surface area contributed by atoms with Gasteiger partial charge in [0.25, 0.3) is 0 Å². The van der Waals surface area contributed by atoms with Gasteiger partial charge in [0.1, 0.15) is 17.7 Å². The maximum absolute atomic E-state index is 14.1. The van der Waals surface area contributed by atoms with Crippen LogP contribution in [0.1, 0.15) is 30.0 Å². The van der Waals surface area contributed by atoms with Crippen molar-refractivity contribution in [3.63, 3.8) is 0 Å². The molecule has 2 amide bonds. The minimum atomic E-state index is -0.784. The Hall–Kier alpha value is -2.80. The van der Waals surface area contributed by atoms with Crippen LogP contribution in [-0.2, 0) is 16.1 Å². The molecule has 5 nitrogen and oxygen atoms in total. The van der Waals surface area contributed by atoms with Crippen LogP contribution in [0.3, 0.4) is 0 Å². The van der Waals surface area contributed by atoms with Gasteiger partial charge < -0.3 is 10.2 Å². The average molecular weight is 399 g/mol. The molecule has 2 unspecified atom stereocenters. The summed E-state index contributed by atoms with van der Waals surface area (Å²) in [4.78, 5) is 29.5. The fourth-order valence-electron chi connectivity index (χ4n) is 4.21. The number of hydrogen-bond donors (Lipinski definition) is 1. The lowest BCUT2D eigenvalue weighted by atomic mass is 10.0. The molecule has 0 radical (unpaired) electrons. The third-order valence-electron chi connectivity index (χ3n) is 5.66. The number of likely N-dealkylation sites (tertiary alicyclic amines) is 1. The van der Waals surface area contributed by atoms with E-state index in [-0.39, 0.29) is 17.6 Å². The van der Waals surface area contributed by atoms with Crippen LogP contribution in [-0.4, -0.2) is 47.3 Å². The van der Waals surface area contributed by atoms with Crippen LogP contribution >= 0.6 is 0 Å². The molecule has 0 bridgehead atoms. The summed E-state index contributed by atoms with van der Waals surface area (Å²) in [5, 5.41) is 2.79. The molecular formula is C22H23F2N3O2. The van der Waals surface area contributed by atoms with E-state index in [0.717, 1.165) is 6.42 Å². The fourth-order valence-corrected chi connectivity index (χ4v) is 4.21. The summed E-state index contributed by atoms with van der Waals surface area (Å²) >= 11 is 0.